The monoisotopic (exact) mass is 383 g/mol. The molecule has 2 heterocycles. The summed E-state index contributed by atoms with van der Waals surface area (Å²) in [6, 6.07) is 14.2. The molecule has 0 radical (unpaired) electrons. The predicted molar refractivity (Wildman–Crippen MR) is 101 cm³/mol. The van der Waals surface area contributed by atoms with E-state index in [-0.39, 0.29) is 11.7 Å². The number of benzene rings is 2. The van der Waals surface area contributed by atoms with Gasteiger partial charge in [-0.1, -0.05) is 18.2 Å². The van der Waals surface area contributed by atoms with Crippen LogP contribution in [0.25, 0.3) is 0 Å². The number of hydrogen-bond acceptors (Lipinski definition) is 3. The molecule has 2 aromatic carbocycles. The zero-order valence-corrected chi connectivity index (χ0v) is 15.1. The van der Waals surface area contributed by atoms with E-state index in [0.717, 1.165) is 36.8 Å². The van der Waals surface area contributed by atoms with Crippen molar-refractivity contribution >= 4 is 5.69 Å². The van der Waals surface area contributed by atoms with Crippen molar-refractivity contribution in [2.24, 2.45) is 0 Å². The van der Waals surface area contributed by atoms with Crippen LogP contribution in [0.3, 0.4) is 0 Å². The van der Waals surface area contributed by atoms with Gasteiger partial charge in [0.25, 0.3) is 5.69 Å². The summed E-state index contributed by atoms with van der Waals surface area (Å²) in [7, 11) is 0. The molecule has 28 heavy (non-hydrogen) atoms. The van der Waals surface area contributed by atoms with Crippen molar-refractivity contribution in [1.29, 1.82) is 0 Å². The van der Waals surface area contributed by atoms with E-state index in [1.165, 1.54) is 12.1 Å². The predicted octanol–water partition coefficient (Wildman–Crippen LogP) is 4.67. The Balaban J connectivity index is 1.74. The second-order valence-corrected chi connectivity index (χ2v) is 6.95. The highest BCUT2D eigenvalue weighted by molar-refractivity contribution is 5.35. The van der Waals surface area contributed by atoms with Crippen LogP contribution in [0.15, 0.2) is 60.8 Å². The highest BCUT2D eigenvalue weighted by Crippen LogP contribution is 2.34. The lowest BCUT2D eigenvalue weighted by molar-refractivity contribution is -0.384. The molecule has 1 atom stereocenters. The van der Waals surface area contributed by atoms with Crippen LogP contribution >= 0.6 is 0 Å². The minimum atomic E-state index is -0.879. The molecule has 1 aliphatic rings. The van der Waals surface area contributed by atoms with Crippen molar-refractivity contribution in [3.05, 3.63) is 99.4 Å². The molecule has 0 bridgehead atoms. The molecule has 3 aromatic rings. The van der Waals surface area contributed by atoms with E-state index in [9.17, 15) is 18.9 Å². The average Bonchev–Trinajstić information content (AvgIpc) is 3.06. The molecule has 7 heteroatoms. The molecule has 0 saturated carbocycles. The number of nitrogens with zero attached hydrogens (tertiary/aromatic N) is 3. The summed E-state index contributed by atoms with van der Waals surface area (Å²) < 4.78 is 29.6. The van der Waals surface area contributed by atoms with E-state index >= 15 is 0 Å². The molecule has 0 N–H and O–H groups in total. The van der Waals surface area contributed by atoms with Crippen LogP contribution in [0.4, 0.5) is 14.5 Å². The number of fused-ring (bicyclic) bond motifs is 1. The van der Waals surface area contributed by atoms with Gasteiger partial charge in [-0.15, -0.1) is 0 Å². The molecule has 4 rings (SSSR count). The van der Waals surface area contributed by atoms with Gasteiger partial charge in [-0.2, -0.15) is 0 Å². The molecular weight excluding hydrogens is 364 g/mol. The highest BCUT2D eigenvalue weighted by Gasteiger charge is 2.28. The van der Waals surface area contributed by atoms with E-state index in [0.29, 0.717) is 12.1 Å². The van der Waals surface area contributed by atoms with Crippen molar-refractivity contribution in [2.75, 3.05) is 6.54 Å². The maximum Gasteiger partial charge on any atom is 0.269 e. The molecule has 0 spiro atoms. The summed E-state index contributed by atoms with van der Waals surface area (Å²) in [5.41, 5.74) is 2.50. The lowest BCUT2D eigenvalue weighted by atomic mass is 10.0. The van der Waals surface area contributed by atoms with Gasteiger partial charge in [0.1, 0.15) is 0 Å². The number of nitro benzene ring substituents is 1. The van der Waals surface area contributed by atoms with Crippen molar-refractivity contribution in [1.82, 2.24) is 9.47 Å². The molecule has 1 aromatic heterocycles. The quantitative estimate of drug-likeness (QED) is 0.486. The van der Waals surface area contributed by atoms with Gasteiger partial charge in [0.15, 0.2) is 11.6 Å². The number of halogens is 2. The SMILES string of the molecule is O=[N+]([O-])c1cccc(CN2CCCn3cccc3C2c2ccc(F)c(F)c2)c1. The van der Waals surface area contributed by atoms with Crippen LogP contribution in [-0.4, -0.2) is 20.9 Å². The van der Waals surface area contributed by atoms with Gasteiger partial charge in [-0.05, 0) is 41.8 Å². The van der Waals surface area contributed by atoms with E-state index in [1.807, 2.05) is 24.4 Å². The Morgan fingerprint density at radius 3 is 2.68 bits per heavy atom. The Morgan fingerprint density at radius 2 is 1.89 bits per heavy atom. The van der Waals surface area contributed by atoms with Crippen LogP contribution in [0.1, 0.15) is 29.3 Å². The van der Waals surface area contributed by atoms with Gasteiger partial charge < -0.3 is 4.57 Å². The van der Waals surface area contributed by atoms with Gasteiger partial charge in [-0.3, -0.25) is 15.0 Å². The molecule has 0 aliphatic carbocycles. The number of hydrogen-bond donors (Lipinski definition) is 0. The van der Waals surface area contributed by atoms with Gasteiger partial charge in [-0.25, -0.2) is 8.78 Å². The molecule has 0 fully saturated rings. The fourth-order valence-corrected chi connectivity index (χ4v) is 3.88. The van der Waals surface area contributed by atoms with E-state index in [2.05, 4.69) is 9.47 Å². The molecule has 0 amide bonds. The van der Waals surface area contributed by atoms with Crippen LogP contribution in [0, 0.1) is 21.7 Å². The maximum atomic E-state index is 14.0. The minimum absolute atomic E-state index is 0.0417. The van der Waals surface area contributed by atoms with Crippen LogP contribution in [-0.2, 0) is 13.1 Å². The lowest BCUT2D eigenvalue weighted by Crippen LogP contribution is -2.29. The van der Waals surface area contributed by atoms with Crippen molar-refractivity contribution in [3.63, 3.8) is 0 Å². The van der Waals surface area contributed by atoms with Crippen LogP contribution < -0.4 is 0 Å². The first-order valence-corrected chi connectivity index (χ1v) is 9.10. The summed E-state index contributed by atoms with van der Waals surface area (Å²) in [5, 5.41) is 11.1. The molecule has 1 unspecified atom stereocenters. The highest BCUT2D eigenvalue weighted by atomic mass is 19.2. The molecule has 144 valence electrons. The summed E-state index contributed by atoms with van der Waals surface area (Å²) in [6.45, 7) is 2.03. The molecule has 1 aliphatic heterocycles. The van der Waals surface area contributed by atoms with E-state index in [4.69, 9.17) is 0 Å². The topological polar surface area (TPSA) is 51.3 Å². The summed E-state index contributed by atoms with van der Waals surface area (Å²) in [5.74, 6) is -1.76. The standard InChI is InChI=1S/C21H19F2N3O2/c22-18-8-7-16(13-19(18)23)21-20-6-2-9-24(20)10-3-11-25(21)14-15-4-1-5-17(12-15)26(27)28/h1-2,4-9,12-13,21H,3,10-11,14H2. The first-order valence-electron chi connectivity index (χ1n) is 9.10. The largest absolute Gasteiger partial charge is 0.350 e. The molecule has 5 nitrogen and oxygen atoms in total. The fourth-order valence-electron chi connectivity index (χ4n) is 3.88. The summed E-state index contributed by atoms with van der Waals surface area (Å²) >= 11 is 0. The third-order valence-corrected chi connectivity index (χ3v) is 5.12. The first kappa shape index (κ1) is 18.3. The number of aromatic nitrogens is 1. The Kier molecular flexibility index (Phi) is 4.92. The normalized spacial score (nSPS) is 17.1. The van der Waals surface area contributed by atoms with Crippen LogP contribution in [0.2, 0.25) is 0 Å². The lowest BCUT2D eigenvalue weighted by Gasteiger charge is -2.30. The van der Waals surface area contributed by atoms with E-state index in [1.54, 1.807) is 18.2 Å². The average molecular weight is 383 g/mol. The third-order valence-electron chi connectivity index (χ3n) is 5.12. The third kappa shape index (κ3) is 3.53. The number of nitro groups is 1. The smallest absolute Gasteiger partial charge is 0.269 e. The van der Waals surface area contributed by atoms with Gasteiger partial charge in [0.05, 0.1) is 11.0 Å². The van der Waals surface area contributed by atoms with Gasteiger partial charge in [0, 0.05) is 43.7 Å². The molecule has 0 saturated heterocycles. The van der Waals surface area contributed by atoms with Crippen molar-refractivity contribution in [2.45, 2.75) is 25.6 Å². The Morgan fingerprint density at radius 1 is 1.04 bits per heavy atom. The zero-order chi connectivity index (χ0) is 19.7. The second-order valence-electron chi connectivity index (χ2n) is 6.95. The summed E-state index contributed by atoms with van der Waals surface area (Å²) in [6.07, 6.45) is 2.87. The second kappa shape index (κ2) is 7.52. The van der Waals surface area contributed by atoms with Gasteiger partial charge in [0.2, 0.25) is 0 Å². The Bertz CT molecular complexity index is 1020. The fraction of sp³-hybridized carbons (Fsp3) is 0.238. The van der Waals surface area contributed by atoms with Gasteiger partial charge >= 0.3 is 0 Å². The number of rotatable bonds is 4. The number of non-ortho nitro benzene ring substituents is 1. The minimum Gasteiger partial charge on any atom is -0.350 e. The Labute approximate surface area is 161 Å². The maximum absolute atomic E-state index is 14.0. The summed E-state index contributed by atoms with van der Waals surface area (Å²) in [4.78, 5) is 12.8. The van der Waals surface area contributed by atoms with Crippen molar-refractivity contribution < 1.29 is 13.7 Å². The Hall–Kier alpha value is -3.06. The molecular formula is C21H19F2N3O2. The van der Waals surface area contributed by atoms with Crippen molar-refractivity contribution in [3.8, 4) is 0 Å². The van der Waals surface area contributed by atoms with E-state index < -0.39 is 16.6 Å². The zero-order valence-electron chi connectivity index (χ0n) is 15.1. The van der Waals surface area contributed by atoms with Crippen LogP contribution in [0.5, 0.6) is 0 Å². The number of aryl methyl sites for hydroxylation is 1. The first-order chi connectivity index (χ1) is 13.5.